The number of methoxy groups -OCH3 is 1. The zero-order chi connectivity index (χ0) is 20.0. The number of anilines is 1. The highest BCUT2D eigenvalue weighted by Crippen LogP contribution is 2.22. The maximum atomic E-state index is 12.4. The van der Waals surface area contributed by atoms with Gasteiger partial charge in [-0.2, -0.15) is 0 Å². The predicted octanol–water partition coefficient (Wildman–Crippen LogP) is 3.26. The molecule has 0 atom stereocenters. The van der Waals surface area contributed by atoms with E-state index in [2.05, 4.69) is 15.0 Å². The van der Waals surface area contributed by atoms with Gasteiger partial charge in [0.25, 0.3) is 10.0 Å². The van der Waals surface area contributed by atoms with Crippen LogP contribution in [-0.2, 0) is 27.8 Å². The predicted molar refractivity (Wildman–Crippen MR) is 110 cm³/mol. The minimum absolute atomic E-state index is 0.0678. The third-order valence-electron chi connectivity index (χ3n) is 3.79. The highest BCUT2D eigenvalue weighted by molar-refractivity contribution is 7.93. The van der Waals surface area contributed by atoms with Gasteiger partial charge < -0.3 is 10.1 Å². The van der Waals surface area contributed by atoms with Crippen molar-refractivity contribution in [3.05, 3.63) is 57.7 Å². The van der Waals surface area contributed by atoms with Gasteiger partial charge in [0.15, 0.2) is 5.13 Å². The van der Waals surface area contributed by atoms with E-state index in [4.69, 9.17) is 4.74 Å². The van der Waals surface area contributed by atoms with Gasteiger partial charge in [-0.3, -0.25) is 9.52 Å². The Morgan fingerprint density at radius 1 is 1.18 bits per heavy atom. The van der Waals surface area contributed by atoms with Crippen LogP contribution >= 0.6 is 22.7 Å². The zero-order valence-electron chi connectivity index (χ0n) is 15.0. The molecule has 0 aliphatic rings. The largest absolute Gasteiger partial charge is 0.497 e. The van der Waals surface area contributed by atoms with Crippen molar-refractivity contribution in [2.24, 2.45) is 0 Å². The Labute approximate surface area is 171 Å². The number of thiazole rings is 1. The lowest BCUT2D eigenvalue weighted by Crippen LogP contribution is -2.22. The lowest BCUT2D eigenvalue weighted by atomic mass is 10.2. The van der Waals surface area contributed by atoms with E-state index in [0.717, 1.165) is 4.88 Å². The van der Waals surface area contributed by atoms with Gasteiger partial charge in [0, 0.05) is 16.7 Å². The molecule has 1 amide bonds. The molecule has 0 fully saturated rings. The molecule has 0 unspecified atom stereocenters. The van der Waals surface area contributed by atoms with Crippen LogP contribution in [0.15, 0.2) is 52.1 Å². The SMILES string of the molecule is COc1ccc(S(=O)(=O)Nc2nc(CCC(=O)NCc3cccs3)cs2)cc1. The molecule has 2 N–H and O–H groups in total. The summed E-state index contributed by atoms with van der Waals surface area (Å²) in [6, 6.07) is 10.00. The van der Waals surface area contributed by atoms with E-state index in [9.17, 15) is 13.2 Å². The second kappa shape index (κ2) is 9.18. The smallest absolute Gasteiger partial charge is 0.263 e. The molecular weight excluding hydrogens is 418 g/mol. The van der Waals surface area contributed by atoms with Crippen molar-refractivity contribution in [3.8, 4) is 5.75 Å². The summed E-state index contributed by atoms with van der Waals surface area (Å²) < 4.78 is 32.3. The first-order valence-electron chi connectivity index (χ1n) is 8.36. The average Bonchev–Trinajstić information content (AvgIpc) is 3.36. The molecule has 0 bridgehead atoms. The van der Waals surface area contributed by atoms with E-state index in [1.165, 1.54) is 30.6 Å². The van der Waals surface area contributed by atoms with Crippen molar-refractivity contribution in [1.82, 2.24) is 10.3 Å². The first kappa shape index (κ1) is 20.3. The Morgan fingerprint density at radius 2 is 1.96 bits per heavy atom. The van der Waals surface area contributed by atoms with Crippen LogP contribution < -0.4 is 14.8 Å². The van der Waals surface area contributed by atoms with Crippen molar-refractivity contribution in [1.29, 1.82) is 0 Å². The first-order chi connectivity index (χ1) is 13.5. The number of carbonyl (C=O) groups is 1. The Morgan fingerprint density at radius 3 is 2.64 bits per heavy atom. The minimum Gasteiger partial charge on any atom is -0.497 e. The van der Waals surface area contributed by atoms with E-state index in [-0.39, 0.29) is 15.9 Å². The summed E-state index contributed by atoms with van der Waals surface area (Å²) in [4.78, 5) is 17.4. The lowest BCUT2D eigenvalue weighted by molar-refractivity contribution is -0.121. The number of sulfonamides is 1. The van der Waals surface area contributed by atoms with Gasteiger partial charge in [-0.25, -0.2) is 13.4 Å². The molecule has 148 valence electrons. The Kier molecular flexibility index (Phi) is 6.65. The standard InChI is InChI=1S/C18H19N3O4S3/c1-25-14-5-7-16(8-6-14)28(23,24)21-18-20-13(12-27-18)4-9-17(22)19-11-15-3-2-10-26-15/h2-3,5-8,10,12H,4,9,11H2,1H3,(H,19,22)(H,20,21). The molecule has 1 aromatic carbocycles. The van der Waals surface area contributed by atoms with Crippen molar-refractivity contribution in [2.75, 3.05) is 11.8 Å². The number of rotatable bonds is 9. The topological polar surface area (TPSA) is 97.4 Å². The number of aryl methyl sites for hydroxylation is 1. The van der Waals surface area contributed by atoms with Crippen LogP contribution in [0.5, 0.6) is 5.75 Å². The summed E-state index contributed by atoms with van der Waals surface area (Å²) in [6.45, 7) is 0.514. The van der Waals surface area contributed by atoms with Crippen LogP contribution in [0.4, 0.5) is 5.13 Å². The van der Waals surface area contributed by atoms with Crippen LogP contribution in [0.25, 0.3) is 0 Å². The minimum atomic E-state index is -3.73. The number of hydrogen-bond donors (Lipinski definition) is 2. The number of nitrogens with one attached hydrogen (secondary N) is 2. The molecule has 7 nitrogen and oxygen atoms in total. The van der Waals surface area contributed by atoms with Gasteiger partial charge in [0.1, 0.15) is 5.75 Å². The fraction of sp³-hybridized carbons (Fsp3) is 0.222. The van der Waals surface area contributed by atoms with E-state index >= 15 is 0 Å². The van der Waals surface area contributed by atoms with Gasteiger partial charge in [0.2, 0.25) is 5.91 Å². The Hall–Kier alpha value is -2.43. The molecule has 0 saturated carbocycles. The van der Waals surface area contributed by atoms with Crippen molar-refractivity contribution in [3.63, 3.8) is 0 Å². The van der Waals surface area contributed by atoms with Gasteiger partial charge in [0.05, 0.1) is 24.2 Å². The number of carbonyl (C=O) groups excluding carboxylic acids is 1. The van der Waals surface area contributed by atoms with Crippen LogP contribution in [0.1, 0.15) is 17.0 Å². The zero-order valence-corrected chi connectivity index (χ0v) is 17.5. The maximum absolute atomic E-state index is 12.4. The van der Waals surface area contributed by atoms with Crippen molar-refractivity contribution >= 4 is 43.7 Å². The third kappa shape index (κ3) is 5.54. The summed E-state index contributed by atoms with van der Waals surface area (Å²) in [7, 11) is -2.21. The van der Waals surface area contributed by atoms with Crippen LogP contribution in [0.3, 0.4) is 0 Å². The molecule has 2 heterocycles. The first-order valence-corrected chi connectivity index (χ1v) is 11.6. The van der Waals surface area contributed by atoms with Gasteiger partial charge in [-0.1, -0.05) is 6.07 Å². The van der Waals surface area contributed by atoms with Gasteiger partial charge in [-0.05, 0) is 42.1 Å². The fourth-order valence-corrected chi connectivity index (χ4v) is 4.97. The summed E-state index contributed by atoms with van der Waals surface area (Å²) in [6.07, 6.45) is 0.733. The second-order valence-electron chi connectivity index (χ2n) is 5.78. The van der Waals surface area contributed by atoms with Crippen molar-refractivity contribution < 1.29 is 17.9 Å². The van der Waals surface area contributed by atoms with Crippen molar-refractivity contribution in [2.45, 2.75) is 24.3 Å². The number of benzene rings is 1. The normalized spacial score (nSPS) is 11.2. The Balaban J connectivity index is 1.52. The molecule has 3 aromatic rings. The quantitative estimate of drug-likeness (QED) is 0.535. The third-order valence-corrected chi connectivity index (χ3v) is 6.96. The molecule has 0 aliphatic heterocycles. The van der Waals surface area contributed by atoms with Crippen LogP contribution in [0.2, 0.25) is 0 Å². The number of amides is 1. The van der Waals surface area contributed by atoms with E-state index in [1.54, 1.807) is 28.8 Å². The summed E-state index contributed by atoms with van der Waals surface area (Å²) in [5.74, 6) is 0.509. The fourth-order valence-electron chi connectivity index (χ4n) is 2.33. The molecule has 2 aromatic heterocycles. The van der Waals surface area contributed by atoms with E-state index in [1.807, 2.05) is 17.5 Å². The molecule has 3 rings (SSSR count). The van der Waals surface area contributed by atoms with Gasteiger partial charge >= 0.3 is 0 Å². The monoisotopic (exact) mass is 437 g/mol. The maximum Gasteiger partial charge on any atom is 0.263 e. The number of ether oxygens (including phenoxy) is 1. The summed E-state index contributed by atoms with van der Waals surface area (Å²) in [5, 5.41) is 6.84. The highest BCUT2D eigenvalue weighted by atomic mass is 32.2. The molecule has 0 aliphatic carbocycles. The molecule has 10 heteroatoms. The second-order valence-corrected chi connectivity index (χ2v) is 9.35. The summed E-state index contributed by atoms with van der Waals surface area (Å²) >= 11 is 2.78. The Bertz CT molecular complexity index is 1010. The summed E-state index contributed by atoms with van der Waals surface area (Å²) in [5.41, 5.74) is 0.670. The van der Waals surface area contributed by atoms with E-state index in [0.29, 0.717) is 30.8 Å². The molecular formula is C18H19N3O4S3. The molecule has 0 radical (unpaired) electrons. The highest BCUT2D eigenvalue weighted by Gasteiger charge is 2.16. The lowest BCUT2D eigenvalue weighted by Gasteiger charge is -2.06. The van der Waals surface area contributed by atoms with Crippen LogP contribution in [-0.4, -0.2) is 26.4 Å². The number of aromatic nitrogens is 1. The molecule has 0 spiro atoms. The molecule has 28 heavy (non-hydrogen) atoms. The molecule has 0 saturated heterocycles. The van der Waals surface area contributed by atoms with Crippen LogP contribution in [0, 0.1) is 0 Å². The number of thiophene rings is 1. The number of hydrogen-bond acceptors (Lipinski definition) is 7. The van der Waals surface area contributed by atoms with E-state index < -0.39 is 10.0 Å². The average molecular weight is 438 g/mol. The number of nitrogens with zero attached hydrogens (tertiary/aromatic N) is 1. The van der Waals surface area contributed by atoms with Gasteiger partial charge in [-0.15, -0.1) is 22.7 Å².